The number of rotatable bonds is 4. The first-order valence-corrected chi connectivity index (χ1v) is 7.42. The third-order valence-electron chi connectivity index (χ3n) is 2.27. The second-order valence-electron chi connectivity index (χ2n) is 3.62. The molecule has 1 aromatic heterocycles. The Morgan fingerprint density at radius 2 is 2.06 bits per heavy atom. The summed E-state index contributed by atoms with van der Waals surface area (Å²) in [6, 6.07) is 7.38. The van der Waals surface area contributed by atoms with Gasteiger partial charge in [0.25, 0.3) is 0 Å². The predicted molar refractivity (Wildman–Crippen MR) is 69.2 cm³/mol. The fourth-order valence-corrected chi connectivity index (χ4v) is 3.49. The van der Waals surface area contributed by atoms with E-state index in [1.165, 1.54) is 23.6 Å². The monoisotopic (exact) mass is 286 g/mol. The molecule has 0 aliphatic heterocycles. The van der Waals surface area contributed by atoms with Crippen LogP contribution in [0.2, 0.25) is 0 Å². The molecule has 0 atom stereocenters. The van der Waals surface area contributed by atoms with Gasteiger partial charge in [0.1, 0.15) is 10.0 Å². The Morgan fingerprint density at radius 3 is 2.67 bits per heavy atom. The van der Waals surface area contributed by atoms with E-state index >= 15 is 0 Å². The van der Waals surface area contributed by atoms with Gasteiger partial charge in [-0.05, 0) is 12.1 Å². The van der Waals surface area contributed by atoms with Gasteiger partial charge >= 0.3 is 0 Å². The molecule has 0 aliphatic carbocycles. The van der Waals surface area contributed by atoms with Crippen molar-refractivity contribution >= 4 is 27.0 Å². The van der Waals surface area contributed by atoms with Crippen molar-refractivity contribution in [3.63, 3.8) is 0 Å². The van der Waals surface area contributed by atoms with Crippen molar-refractivity contribution in [3.8, 4) is 0 Å². The van der Waals surface area contributed by atoms with Crippen LogP contribution >= 0.6 is 11.3 Å². The molecule has 2 rings (SSSR count). The second-order valence-corrected chi connectivity index (χ2v) is 6.52. The van der Waals surface area contributed by atoms with E-state index in [0.717, 1.165) is 11.3 Å². The zero-order valence-corrected chi connectivity index (χ0v) is 10.9. The number of nitrogens with two attached hydrogens (primary N) is 1. The van der Waals surface area contributed by atoms with Gasteiger partial charge in [0.05, 0.1) is 0 Å². The highest BCUT2D eigenvalue weighted by Crippen LogP contribution is 2.21. The van der Waals surface area contributed by atoms with Crippen molar-refractivity contribution in [1.82, 2.24) is 4.72 Å². The number of sulfonamides is 1. The van der Waals surface area contributed by atoms with Gasteiger partial charge in [-0.15, -0.1) is 11.3 Å². The zero-order valence-electron chi connectivity index (χ0n) is 9.26. The van der Waals surface area contributed by atoms with E-state index in [4.69, 9.17) is 5.73 Å². The molecular weight excluding hydrogens is 275 g/mol. The number of hydrogen-bond acceptors (Lipinski definition) is 4. The van der Waals surface area contributed by atoms with Gasteiger partial charge in [-0.2, -0.15) is 0 Å². The zero-order chi connectivity index (χ0) is 13.2. The number of anilines is 1. The normalized spacial score (nSPS) is 11.6. The lowest BCUT2D eigenvalue weighted by atomic mass is 10.2. The fraction of sp³-hybridized carbons (Fsp3) is 0.0909. The second kappa shape index (κ2) is 5.05. The summed E-state index contributed by atoms with van der Waals surface area (Å²) in [5.41, 5.74) is 6.16. The average Bonchev–Trinajstić information content (AvgIpc) is 2.76. The molecule has 1 aromatic carbocycles. The third kappa shape index (κ3) is 2.87. The van der Waals surface area contributed by atoms with Crippen molar-refractivity contribution in [2.45, 2.75) is 10.8 Å². The first-order valence-electron chi connectivity index (χ1n) is 5.06. The average molecular weight is 286 g/mol. The maximum absolute atomic E-state index is 13.3. The number of halogens is 1. The van der Waals surface area contributed by atoms with Gasteiger partial charge in [0, 0.05) is 23.2 Å². The van der Waals surface area contributed by atoms with Crippen LogP contribution in [0, 0.1) is 5.82 Å². The quantitative estimate of drug-likeness (QED) is 0.902. The van der Waals surface area contributed by atoms with Crippen LogP contribution in [0.3, 0.4) is 0 Å². The summed E-state index contributed by atoms with van der Waals surface area (Å²) >= 11 is 1.03. The predicted octanol–water partition coefficient (Wildman–Crippen LogP) is 1.95. The summed E-state index contributed by atoms with van der Waals surface area (Å²) in [4.78, 5) is 0. The largest absolute Gasteiger partial charge is 0.398 e. The molecule has 2 aromatic rings. The van der Waals surface area contributed by atoms with Crippen molar-refractivity contribution in [3.05, 3.63) is 47.1 Å². The lowest BCUT2D eigenvalue weighted by Crippen LogP contribution is -2.22. The van der Waals surface area contributed by atoms with Crippen molar-refractivity contribution in [2.75, 3.05) is 5.73 Å². The molecule has 96 valence electrons. The Kier molecular flexibility index (Phi) is 3.65. The van der Waals surface area contributed by atoms with Crippen LogP contribution in [0.1, 0.15) is 5.56 Å². The van der Waals surface area contributed by atoms with Crippen LogP contribution in [-0.2, 0) is 16.6 Å². The smallest absolute Gasteiger partial charge is 0.250 e. The first-order chi connectivity index (χ1) is 8.49. The van der Waals surface area contributed by atoms with Crippen molar-refractivity contribution < 1.29 is 12.8 Å². The molecule has 0 amide bonds. The summed E-state index contributed by atoms with van der Waals surface area (Å²) in [6.45, 7) is -0.0905. The molecule has 0 spiro atoms. The molecule has 0 saturated heterocycles. The summed E-state index contributed by atoms with van der Waals surface area (Å²) in [5, 5.41) is 1.54. The molecule has 0 unspecified atom stereocenters. The van der Waals surface area contributed by atoms with Crippen molar-refractivity contribution in [2.24, 2.45) is 0 Å². The van der Waals surface area contributed by atoms with Crippen LogP contribution in [0.5, 0.6) is 0 Å². The van der Waals surface area contributed by atoms with Crippen LogP contribution in [0.25, 0.3) is 0 Å². The first kappa shape index (κ1) is 13.0. The maximum Gasteiger partial charge on any atom is 0.250 e. The topological polar surface area (TPSA) is 72.2 Å². The van der Waals surface area contributed by atoms with Crippen LogP contribution in [0.15, 0.2) is 39.9 Å². The number of benzene rings is 1. The number of hydrogen-bond donors (Lipinski definition) is 2. The molecule has 0 bridgehead atoms. The standard InChI is InChI=1S/C11H11FN2O2S2/c12-10-4-2-1-3-8(10)6-14-18(15,16)11-5-9(13)7-17-11/h1-5,7,14H,6,13H2. The van der Waals surface area contributed by atoms with E-state index < -0.39 is 15.8 Å². The SMILES string of the molecule is Nc1csc(S(=O)(=O)NCc2ccccc2F)c1. The minimum atomic E-state index is -3.63. The van der Waals surface area contributed by atoms with Crippen LogP contribution in [0.4, 0.5) is 10.1 Å². The summed E-state index contributed by atoms with van der Waals surface area (Å²) in [6.07, 6.45) is 0. The van der Waals surface area contributed by atoms with Gasteiger partial charge in [0.15, 0.2) is 0 Å². The van der Waals surface area contributed by atoms with E-state index in [0.29, 0.717) is 11.3 Å². The van der Waals surface area contributed by atoms with E-state index in [2.05, 4.69) is 4.72 Å². The van der Waals surface area contributed by atoms with Crippen LogP contribution < -0.4 is 10.5 Å². The summed E-state index contributed by atoms with van der Waals surface area (Å²) in [7, 11) is -3.63. The molecule has 7 heteroatoms. The van der Waals surface area contributed by atoms with E-state index in [1.54, 1.807) is 12.1 Å². The third-order valence-corrected chi connectivity index (χ3v) is 5.13. The highest BCUT2D eigenvalue weighted by Gasteiger charge is 2.16. The molecule has 4 nitrogen and oxygen atoms in total. The highest BCUT2D eigenvalue weighted by molar-refractivity contribution is 7.91. The fourth-order valence-electron chi connectivity index (χ4n) is 1.36. The highest BCUT2D eigenvalue weighted by atomic mass is 32.2. The Labute approximate surface area is 108 Å². The molecule has 1 heterocycles. The Hall–Kier alpha value is -1.44. The number of nitrogen functional groups attached to an aromatic ring is 1. The molecule has 0 radical (unpaired) electrons. The Morgan fingerprint density at radius 1 is 1.33 bits per heavy atom. The molecular formula is C11H11FN2O2S2. The summed E-state index contributed by atoms with van der Waals surface area (Å²) in [5.74, 6) is -0.439. The van der Waals surface area contributed by atoms with Crippen LogP contribution in [-0.4, -0.2) is 8.42 Å². The van der Waals surface area contributed by atoms with Gasteiger partial charge in [-0.1, -0.05) is 18.2 Å². The van der Waals surface area contributed by atoms with Gasteiger partial charge in [0.2, 0.25) is 10.0 Å². The minimum Gasteiger partial charge on any atom is -0.398 e. The Balaban J connectivity index is 2.13. The lowest BCUT2D eigenvalue weighted by Gasteiger charge is -2.05. The van der Waals surface area contributed by atoms with E-state index in [-0.39, 0.29) is 10.8 Å². The molecule has 3 N–H and O–H groups in total. The van der Waals surface area contributed by atoms with E-state index in [9.17, 15) is 12.8 Å². The van der Waals surface area contributed by atoms with E-state index in [1.807, 2.05) is 0 Å². The number of nitrogens with one attached hydrogen (secondary N) is 1. The molecule has 18 heavy (non-hydrogen) atoms. The molecule has 0 saturated carbocycles. The van der Waals surface area contributed by atoms with Gasteiger partial charge in [-0.3, -0.25) is 0 Å². The molecule has 0 aliphatic rings. The Bertz CT molecular complexity index is 653. The number of thiophene rings is 1. The minimum absolute atomic E-state index is 0.0905. The van der Waals surface area contributed by atoms with Crippen molar-refractivity contribution in [1.29, 1.82) is 0 Å². The van der Waals surface area contributed by atoms with Gasteiger partial charge < -0.3 is 5.73 Å². The lowest BCUT2D eigenvalue weighted by molar-refractivity contribution is 0.576. The maximum atomic E-state index is 13.3. The molecule has 0 fully saturated rings. The van der Waals surface area contributed by atoms with Gasteiger partial charge in [-0.25, -0.2) is 17.5 Å². The summed E-state index contributed by atoms with van der Waals surface area (Å²) < 4.78 is 39.5.